The summed E-state index contributed by atoms with van der Waals surface area (Å²) >= 11 is 1.41. The van der Waals surface area contributed by atoms with Gasteiger partial charge in [-0.1, -0.05) is 6.92 Å². The summed E-state index contributed by atoms with van der Waals surface area (Å²) in [5.74, 6) is -0.185. The van der Waals surface area contributed by atoms with Crippen LogP contribution in [0, 0.1) is 19.8 Å². The Hall–Kier alpha value is -1.40. The summed E-state index contributed by atoms with van der Waals surface area (Å²) in [6.07, 6.45) is 0.991. The zero-order valence-electron chi connectivity index (χ0n) is 12.2. The lowest BCUT2D eigenvalue weighted by molar-refractivity contribution is -0.118. The van der Waals surface area contributed by atoms with E-state index in [1.807, 2.05) is 13.8 Å². The van der Waals surface area contributed by atoms with Crippen LogP contribution in [0.5, 0.6) is 0 Å². The number of amides is 1. The summed E-state index contributed by atoms with van der Waals surface area (Å²) in [6, 6.07) is -0.191. The van der Waals surface area contributed by atoms with Gasteiger partial charge >= 0.3 is 5.97 Å². The predicted molar refractivity (Wildman–Crippen MR) is 79.3 cm³/mol. The van der Waals surface area contributed by atoms with Crippen molar-refractivity contribution in [2.45, 2.75) is 33.2 Å². The highest BCUT2D eigenvalue weighted by Gasteiger charge is 2.31. The van der Waals surface area contributed by atoms with Crippen LogP contribution in [0.4, 0.5) is 5.00 Å². The minimum atomic E-state index is -0.408. The molecule has 1 aromatic heterocycles. The predicted octanol–water partition coefficient (Wildman–Crippen LogP) is 2.09. The van der Waals surface area contributed by atoms with Crippen molar-refractivity contribution >= 4 is 28.2 Å². The minimum Gasteiger partial charge on any atom is -0.465 e. The van der Waals surface area contributed by atoms with Crippen LogP contribution in [0.15, 0.2) is 0 Å². The van der Waals surface area contributed by atoms with Crippen LogP contribution >= 0.6 is 11.3 Å². The Bertz CT molecular complexity index is 539. The Morgan fingerprint density at radius 1 is 1.40 bits per heavy atom. The maximum atomic E-state index is 12.3. The minimum absolute atomic E-state index is 0.0820. The third-order valence-electron chi connectivity index (χ3n) is 3.83. The van der Waals surface area contributed by atoms with Gasteiger partial charge in [0.25, 0.3) is 0 Å². The van der Waals surface area contributed by atoms with Crippen molar-refractivity contribution in [1.82, 2.24) is 5.32 Å². The van der Waals surface area contributed by atoms with E-state index in [1.54, 1.807) is 0 Å². The van der Waals surface area contributed by atoms with Crippen molar-refractivity contribution in [2.75, 3.05) is 19.0 Å². The van der Waals surface area contributed by atoms with Crippen molar-refractivity contribution in [3.8, 4) is 0 Å². The van der Waals surface area contributed by atoms with Gasteiger partial charge in [-0.25, -0.2) is 4.79 Å². The molecular weight excluding hydrogens is 276 g/mol. The van der Waals surface area contributed by atoms with Gasteiger partial charge in [-0.2, -0.15) is 0 Å². The van der Waals surface area contributed by atoms with Crippen molar-refractivity contribution in [3.63, 3.8) is 0 Å². The van der Waals surface area contributed by atoms with Crippen LogP contribution in [-0.4, -0.2) is 31.6 Å². The van der Waals surface area contributed by atoms with Crippen molar-refractivity contribution in [1.29, 1.82) is 0 Å². The number of thiophene rings is 1. The number of hydrogen-bond acceptors (Lipinski definition) is 5. The average Bonchev–Trinajstić information content (AvgIpc) is 2.94. The highest BCUT2D eigenvalue weighted by Crippen LogP contribution is 2.33. The van der Waals surface area contributed by atoms with Gasteiger partial charge in [0.15, 0.2) is 0 Å². The first-order chi connectivity index (χ1) is 9.45. The second-order valence-corrected chi connectivity index (χ2v) is 6.39. The van der Waals surface area contributed by atoms with E-state index >= 15 is 0 Å². The van der Waals surface area contributed by atoms with Crippen LogP contribution in [0.25, 0.3) is 0 Å². The molecule has 1 aromatic rings. The number of hydrogen-bond donors (Lipinski definition) is 2. The summed E-state index contributed by atoms with van der Waals surface area (Å²) in [5.41, 5.74) is 1.33. The normalized spacial score (nSPS) is 21.8. The van der Waals surface area contributed by atoms with Crippen LogP contribution in [0.2, 0.25) is 0 Å². The van der Waals surface area contributed by atoms with Crippen LogP contribution in [0.1, 0.15) is 34.1 Å². The third-order valence-corrected chi connectivity index (χ3v) is 4.95. The Balaban J connectivity index is 2.23. The number of methoxy groups -OCH3 is 1. The molecule has 2 atom stereocenters. The fourth-order valence-corrected chi connectivity index (χ4v) is 3.49. The van der Waals surface area contributed by atoms with E-state index in [0.29, 0.717) is 16.5 Å². The molecule has 0 aliphatic carbocycles. The average molecular weight is 296 g/mol. The highest BCUT2D eigenvalue weighted by atomic mass is 32.1. The van der Waals surface area contributed by atoms with Gasteiger partial charge in [0, 0.05) is 4.88 Å². The van der Waals surface area contributed by atoms with Gasteiger partial charge in [0.2, 0.25) is 5.91 Å². The summed E-state index contributed by atoms with van der Waals surface area (Å²) < 4.78 is 4.80. The number of nitrogens with one attached hydrogen (secondary N) is 2. The Morgan fingerprint density at radius 3 is 2.65 bits per heavy atom. The largest absolute Gasteiger partial charge is 0.465 e. The maximum absolute atomic E-state index is 12.3. The molecule has 110 valence electrons. The summed E-state index contributed by atoms with van der Waals surface area (Å²) in [7, 11) is 1.35. The molecule has 5 nitrogen and oxygen atoms in total. The molecule has 2 unspecified atom stereocenters. The number of rotatable bonds is 3. The molecule has 1 aliphatic rings. The molecule has 1 saturated heterocycles. The zero-order valence-corrected chi connectivity index (χ0v) is 13.0. The summed E-state index contributed by atoms with van der Waals surface area (Å²) in [4.78, 5) is 25.2. The van der Waals surface area contributed by atoms with Crippen molar-refractivity contribution < 1.29 is 14.3 Å². The third kappa shape index (κ3) is 2.71. The van der Waals surface area contributed by atoms with E-state index in [2.05, 4.69) is 17.6 Å². The standard InChI is InChI=1S/C14H20N2O3S/c1-7-5-6-15-11(7)12(17)16-13-10(14(18)19-4)8(2)9(3)20-13/h7,11,15H,5-6H2,1-4H3,(H,16,17). The van der Waals surface area contributed by atoms with Crippen LogP contribution in [0.3, 0.4) is 0 Å². The Morgan fingerprint density at radius 2 is 2.10 bits per heavy atom. The van der Waals surface area contributed by atoms with Crippen molar-refractivity contribution in [2.24, 2.45) is 5.92 Å². The lowest BCUT2D eigenvalue weighted by Crippen LogP contribution is -2.39. The number of esters is 1. The molecule has 2 N–H and O–H groups in total. The van der Waals surface area contributed by atoms with Gasteiger partial charge in [0.1, 0.15) is 5.00 Å². The van der Waals surface area contributed by atoms with E-state index in [-0.39, 0.29) is 11.9 Å². The first kappa shape index (κ1) is 15.0. The zero-order chi connectivity index (χ0) is 14.9. The van der Waals surface area contributed by atoms with E-state index in [0.717, 1.165) is 23.4 Å². The lowest BCUT2D eigenvalue weighted by atomic mass is 10.0. The quantitative estimate of drug-likeness (QED) is 0.838. The molecule has 0 spiro atoms. The second-order valence-electron chi connectivity index (χ2n) is 5.17. The number of anilines is 1. The number of aryl methyl sites for hydroxylation is 1. The molecule has 20 heavy (non-hydrogen) atoms. The Labute approximate surface area is 122 Å². The fraction of sp³-hybridized carbons (Fsp3) is 0.571. The summed E-state index contributed by atoms with van der Waals surface area (Å²) in [5, 5.41) is 6.64. The molecule has 0 aromatic carbocycles. The first-order valence-corrected chi connectivity index (χ1v) is 7.50. The van der Waals surface area contributed by atoms with Crippen LogP contribution < -0.4 is 10.6 Å². The molecule has 6 heteroatoms. The van der Waals surface area contributed by atoms with Crippen molar-refractivity contribution in [3.05, 3.63) is 16.0 Å². The molecule has 0 bridgehead atoms. The number of ether oxygens (including phenoxy) is 1. The highest BCUT2D eigenvalue weighted by molar-refractivity contribution is 7.16. The van der Waals surface area contributed by atoms with Gasteiger partial charge in [0.05, 0.1) is 18.7 Å². The molecular formula is C14H20N2O3S. The van der Waals surface area contributed by atoms with Gasteiger partial charge < -0.3 is 15.4 Å². The van der Waals surface area contributed by atoms with Gasteiger partial charge in [-0.15, -0.1) is 11.3 Å². The van der Waals surface area contributed by atoms with E-state index in [1.165, 1.54) is 18.4 Å². The Kier molecular flexibility index (Phi) is 4.45. The topological polar surface area (TPSA) is 67.4 Å². The lowest BCUT2D eigenvalue weighted by Gasteiger charge is -2.15. The molecule has 1 aliphatic heterocycles. The van der Waals surface area contributed by atoms with Gasteiger partial charge in [-0.05, 0) is 38.3 Å². The molecule has 1 fully saturated rings. The monoisotopic (exact) mass is 296 g/mol. The SMILES string of the molecule is COC(=O)c1c(NC(=O)C2NCCC2C)sc(C)c1C. The fourth-order valence-electron chi connectivity index (χ4n) is 2.44. The second kappa shape index (κ2) is 5.93. The van der Waals surface area contributed by atoms with E-state index < -0.39 is 5.97 Å². The molecule has 2 rings (SSSR count). The molecule has 0 radical (unpaired) electrons. The number of carbonyl (C=O) groups excluding carboxylic acids is 2. The molecule has 0 saturated carbocycles. The molecule has 2 heterocycles. The van der Waals surface area contributed by atoms with E-state index in [9.17, 15) is 9.59 Å². The maximum Gasteiger partial charge on any atom is 0.341 e. The smallest absolute Gasteiger partial charge is 0.341 e. The van der Waals surface area contributed by atoms with E-state index in [4.69, 9.17) is 4.74 Å². The van der Waals surface area contributed by atoms with Gasteiger partial charge in [-0.3, -0.25) is 4.79 Å². The summed E-state index contributed by atoms with van der Waals surface area (Å²) in [6.45, 7) is 6.70. The first-order valence-electron chi connectivity index (χ1n) is 6.68. The molecule has 1 amide bonds. The number of carbonyl (C=O) groups is 2. The van der Waals surface area contributed by atoms with Crippen LogP contribution in [-0.2, 0) is 9.53 Å².